The highest BCUT2D eigenvalue weighted by Crippen LogP contribution is 2.22. The molecule has 0 saturated carbocycles. The van der Waals surface area contributed by atoms with Crippen molar-refractivity contribution in [3.05, 3.63) is 53.0 Å². The monoisotopic (exact) mass is 391 g/mol. The molecule has 2 heterocycles. The molecule has 1 aromatic heterocycles. The number of hydrogen-bond acceptors (Lipinski definition) is 4. The fourth-order valence-corrected chi connectivity index (χ4v) is 3.13. The number of halogens is 1. The predicted octanol–water partition coefficient (Wildman–Crippen LogP) is 3.59. The maximum atomic E-state index is 12.7. The number of piperidine rings is 1. The number of furan rings is 1. The third-order valence-electron chi connectivity index (χ3n) is 4.91. The van der Waals surface area contributed by atoms with Crippen molar-refractivity contribution < 1.29 is 14.0 Å². The number of rotatable bonds is 4. The Hall–Kier alpha value is -2.31. The number of benzene rings is 1. The number of nitrogens with one attached hydrogen (secondary N) is 1. The first-order valence-electron chi connectivity index (χ1n) is 8.96. The number of amides is 2. The van der Waals surface area contributed by atoms with E-state index in [9.17, 15) is 9.59 Å². The van der Waals surface area contributed by atoms with Crippen LogP contribution in [0.15, 0.2) is 34.9 Å². The molecular weight excluding hydrogens is 366 g/mol. The van der Waals surface area contributed by atoms with Crippen LogP contribution < -0.4 is 11.1 Å². The van der Waals surface area contributed by atoms with Crippen LogP contribution >= 0.6 is 12.4 Å². The number of aryl methyl sites for hydroxylation is 1. The summed E-state index contributed by atoms with van der Waals surface area (Å²) in [5, 5.41) is 2.85. The number of carbonyl (C=O) groups is 2. The molecular formula is C20H26ClN3O3. The third kappa shape index (κ3) is 4.90. The average Bonchev–Trinajstić information content (AvgIpc) is 3.13. The zero-order valence-electron chi connectivity index (χ0n) is 15.7. The van der Waals surface area contributed by atoms with E-state index >= 15 is 0 Å². The highest BCUT2D eigenvalue weighted by atomic mass is 35.5. The number of carbonyl (C=O) groups excluding carboxylic acids is 2. The minimum atomic E-state index is -0.263. The molecule has 1 fully saturated rings. The fourth-order valence-electron chi connectivity index (χ4n) is 3.13. The van der Waals surface area contributed by atoms with E-state index in [4.69, 9.17) is 10.2 Å². The zero-order valence-corrected chi connectivity index (χ0v) is 16.5. The molecule has 0 atom stereocenters. The molecule has 0 aliphatic carbocycles. The third-order valence-corrected chi connectivity index (χ3v) is 4.91. The van der Waals surface area contributed by atoms with E-state index in [1.165, 1.54) is 6.26 Å². The standard InChI is InChI=1S/C20H25N3O3.ClH/c1-13-5-7-23(8-6-13)20(25)15-3-4-18(14(2)9-15)22-19(24)16-10-17(11-21)26-12-16;/h3-4,9-10,12-13H,5-8,11,21H2,1-2H3,(H,22,24);1H. The SMILES string of the molecule is Cc1cc(C(=O)N2CCC(C)CC2)ccc1NC(=O)c1coc(CN)c1.Cl. The number of hydrogen-bond donors (Lipinski definition) is 2. The van der Waals surface area contributed by atoms with Crippen molar-refractivity contribution in [2.24, 2.45) is 11.7 Å². The van der Waals surface area contributed by atoms with E-state index in [1.54, 1.807) is 18.2 Å². The average molecular weight is 392 g/mol. The van der Waals surface area contributed by atoms with Gasteiger partial charge in [0.05, 0.1) is 12.1 Å². The Kier molecular flexibility index (Phi) is 7.05. The lowest BCUT2D eigenvalue weighted by atomic mass is 9.98. The van der Waals surface area contributed by atoms with Crippen molar-refractivity contribution in [1.82, 2.24) is 4.90 Å². The van der Waals surface area contributed by atoms with Crippen molar-refractivity contribution in [2.45, 2.75) is 33.2 Å². The number of likely N-dealkylation sites (tertiary alicyclic amines) is 1. The molecule has 27 heavy (non-hydrogen) atoms. The van der Waals surface area contributed by atoms with Gasteiger partial charge in [0.1, 0.15) is 12.0 Å². The molecule has 1 aliphatic rings. The second kappa shape index (κ2) is 9.06. The topological polar surface area (TPSA) is 88.6 Å². The molecule has 0 spiro atoms. The summed E-state index contributed by atoms with van der Waals surface area (Å²) in [7, 11) is 0. The Morgan fingerprint density at radius 3 is 2.52 bits per heavy atom. The van der Waals surface area contributed by atoms with Gasteiger partial charge in [-0.1, -0.05) is 6.92 Å². The van der Waals surface area contributed by atoms with Gasteiger partial charge in [-0.05, 0) is 55.5 Å². The van der Waals surface area contributed by atoms with Crippen molar-refractivity contribution >= 4 is 29.9 Å². The Bertz CT molecular complexity index is 811. The van der Waals surface area contributed by atoms with Crippen molar-refractivity contribution in [1.29, 1.82) is 0 Å². The maximum Gasteiger partial charge on any atom is 0.258 e. The fraction of sp³-hybridized carbons (Fsp3) is 0.400. The first kappa shape index (κ1) is 21.0. The van der Waals surface area contributed by atoms with Crippen LogP contribution in [0.1, 0.15) is 51.8 Å². The minimum absolute atomic E-state index is 0. The smallest absolute Gasteiger partial charge is 0.258 e. The predicted molar refractivity (Wildman–Crippen MR) is 107 cm³/mol. The quantitative estimate of drug-likeness (QED) is 0.833. The molecule has 0 unspecified atom stereocenters. The van der Waals surface area contributed by atoms with Gasteiger partial charge in [-0.2, -0.15) is 0 Å². The van der Waals surface area contributed by atoms with Crippen LogP contribution in [-0.4, -0.2) is 29.8 Å². The number of nitrogens with two attached hydrogens (primary N) is 1. The van der Waals surface area contributed by atoms with Crippen LogP contribution in [-0.2, 0) is 6.54 Å². The summed E-state index contributed by atoms with van der Waals surface area (Å²) in [5.41, 5.74) is 8.09. The van der Waals surface area contributed by atoms with Crippen molar-refractivity contribution in [2.75, 3.05) is 18.4 Å². The molecule has 1 aliphatic heterocycles. The van der Waals surface area contributed by atoms with E-state index in [2.05, 4.69) is 12.2 Å². The summed E-state index contributed by atoms with van der Waals surface area (Å²) >= 11 is 0. The molecule has 146 valence electrons. The molecule has 1 saturated heterocycles. The molecule has 0 bridgehead atoms. The lowest BCUT2D eigenvalue weighted by Gasteiger charge is -2.30. The van der Waals surface area contributed by atoms with Gasteiger partial charge in [0.2, 0.25) is 0 Å². The molecule has 1 aromatic carbocycles. The normalized spacial score (nSPS) is 14.6. The van der Waals surface area contributed by atoms with Crippen molar-refractivity contribution in [3.8, 4) is 0 Å². The lowest BCUT2D eigenvalue weighted by Crippen LogP contribution is -2.37. The summed E-state index contributed by atoms with van der Waals surface area (Å²) in [4.78, 5) is 26.9. The maximum absolute atomic E-state index is 12.7. The highest BCUT2D eigenvalue weighted by Gasteiger charge is 2.22. The van der Waals surface area contributed by atoms with Crippen LogP contribution in [0, 0.1) is 12.8 Å². The summed E-state index contributed by atoms with van der Waals surface area (Å²) in [5.74, 6) is 1.03. The molecule has 6 nitrogen and oxygen atoms in total. The van der Waals surface area contributed by atoms with Gasteiger partial charge >= 0.3 is 0 Å². The summed E-state index contributed by atoms with van der Waals surface area (Å²) in [6, 6.07) is 7.00. The second-order valence-electron chi connectivity index (χ2n) is 6.96. The minimum Gasteiger partial charge on any atom is -0.467 e. The first-order valence-corrected chi connectivity index (χ1v) is 8.96. The van der Waals surface area contributed by atoms with E-state index < -0.39 is 0 Å². The van der Waals surface area contributed by atoms with Gasteiger partial charge in [-0.15, -0.1) is 12.4 Å². The molecule has 3 rings (SSSR count). The van der Waals surface area contributed by atoms with Crippen LogP contribution in [0.3, 0.4) is 0 Å². The summed E-state index contributed by atoms with van der Waals surface area (Å²) < 4.78 is 5.19. The molecule has 2 amide bonds. The van der Waals surface area contributed by atoms with Gasteiger partial charge in [-0.25, -0.2) is 0 Å². The lowest BCUT2D eigenvalue weighted by molar-refractivity contribution is 0.0697. The molecule has 7 heteroatoms. The number of nitrogens with zero attached hydrogens (tertiary/aromatic N) is 1. The molecule has 0 radical (unpaired) electrons. The van der Waals surface area contributed by atoms with E-state index in [-0.39, 0.29) is 30.8 Å². The zero-order chi connectivity index (χ0) is 18.7. The second-order valence-corrected chi connectivity index (χ2v) is 6.96. The van der Waals surface area contributed by atoms with Crippen LogP contribution in [0.25, 0.3) is 0 Å². The van der Waals surface area contributed by atoms with Crippen LogP contribution in [0.4, 0.5) is 5.69 Å². The Labute approximate surface area is 165 Å². The van der Waals surface area contributed by atoms with Gasteiger partial charge in [0.25, 0.3) is 11.8 Å². The van der Waals surface area contributed by atoms with E-state index in [0.717, 1.165) is 31.5 Å². The van der Waals surface area contributed by atoms with Crippen LogP contribution in [0.5, 0.6) is 0 Å². The van der Waals surface area contributed by atoms with Gasteiger partial charge < -0.3 is 20.4 Å². The van der Waals surface area contributed by atoms with Gasteiger partial charge in [0, 0.05) is 24.3 Å². The molecule has 2 aromatic rings. The first-order chi connectivity index (χ1) is 12.5. The highest BCUT2D eigenvalue weighted by molar-refractivity contribution is 6.05. The summed E-state index contributed by atoms with van der Waals surface area (Å²) in [6.07, 6.45) is 3.49. The van der Waals surface area contributed by atoms with Gasteiger partial charge in [0.15, 0.2) is 0 Å². The number of anilines is 1. The summed E-state index contributed by atoms with van der Waals surface area (Å²) in [6.45, 7) is 5.96. The molecule has 3 N–H and O–H groups in total. The van der Waals surface area contributed by atoms with E-state index in [1.807, 2.05) is 17.9 Å². The Balaban J connectivity index is 0.00000261. The van der Waals surface area contributed by atoms with Crippen molar-refractivity contribution in [3.63, 3.8) is 0 Å². The van der Waals surface area contributed by atoms with E-state index in [0.29, 0.717) is 28.5 Å². The van der Waals surface area contributed by atoms with Gasteiger partial charge in [-0.3, -0.25) is 9.59 Å². The largest absolute Gasteiger partial charge is 0.467 e. The van der Waals surface area contributed by atoms with Crippen LogP contribution in [0.2, 0.25) is 0 Å². The Morgan fingerprint density at radius 1 is 1.22 bits per heavy atom. The Morgan fingerprint density at radius 2 is 1.93 bits per heavy atom.